The quantitative estimate of drug-likeness (QED) is 0.863. The number of ether oxygens (including phenoxy) is 1. The number of nitrogens with zero attached hydrogens (tertiary/aromatic N) is 2. The molecule has 1 unspecified atom stereocenters. The first-order valence-electron chi connectivity index (χ1n) is 6.94. The Bertz CT molecular complexity index is 512. The van der Waals surface area contributed by atoms with Crippen molar-refractivity contribution in [3.05, 3.63) is 29.8 Å². The largest absolute Gasteiger partial charge is 0.356 e. The van der Waals surface area contributed by atoms with Crippen LogP contribution >= 0.6 is 12.2 Å². The number of nitriles is 1. The van der Waals surface area contributed by atoms with Crippen LogP contribution in [0.25, 0.3) is 0 Å². The molecule has 1 heterocycles. The monoisotopic (exact) mass is 289 g/mol. The van der Waals surface area contributed by atoms with E-state index < -0.39 is 0 Å². The average Bonchev–Trinajstić information content (AvgIpc) is 2.93. The summed E-state index contributed by atoms with van der Waals surface area (Å²) in [6.07, 6.45) is 3.36. The van der Waals surface area contributed by atoms with Gasteiger partial charge in [-0.15, -0.1) is 0 Å². The van der Waals surface area contributed by atoms with Crippen LogP contribution in [0.5, 0.6) is 0 Å². The third-order valence-electron chi connectivity index (χ3n) is 3.30. The highest BCUT2D eigenvalue weighted by atomic mass is 32.1. The predicted octanol–water partition coefficient (Wildman–Crippen LogP) is 3.10. The van der Waals surface area contributed by atoms with Crippen molar-refractivity contribution in [2.24, 2.45) is 0 Å². The van der Waals surface area contributed by atoms with E-state index in [1.165, 1.54) is 0 Å². The number of anilines is 1. The molecule has 0 aromatic heterocycles. The Morgan fingerprint density at radius 2 is 2.45 bits per heavy atom. The second kappa shape index (κ2) is 7.22. The lowest BCUT2D eigenvalue weighted by atomic mass is 10.2. The molecule has 0 bridgehead atoms. The minimum Gasteiger partial charge on any atom is -0.356 e. The van der Waals surface area contributed by atoms with E-state index in [0.29, 0.717) is 17.3 Å². The molecule has 1 aliphatic heterocycles. The standard InChI is InChI=1S/C15H19N3OS/c1-2-3-7-14-18(8-9-19-14)15(20)17-13-6-4-5-12(10-13)11-16/h4-6,10,14H,2-3,7-9H2,1H3,(H,17,20). The van der Waals surface area contributed by atoms with Crippen LogP contribution in [-0.4, -0.2) is 29.4 Å². The van der Waals surface area contributed by atoms with Crippen LogP contribution in [0.3, 0.4) is 0 Å². The fraction of sp³-hybridized carbons (Fsp3) is 0.467. The highest BCUT2D eigenvalue weighted by molar-refractivity contribution is 7.80. The molecular weight excluding hydrogens is 270 g/mol. The van der Waals surface area contributed by atoms with Gasteiger partial charge in [0, 0.05) is 12.2 Å². The summed E-state index contributed by atoms with van der Waals surface area (Å²) >= 11 is 5.45. The van der Waals surface area contributed by atoms with Gasteiger partial charge in [0.25, 0.3) is 0 Å². The second-order valence-electron chi connectivity index (χ2n) is 4.78. The summed E-state index contributed by atoms with van der Waals surface area (Å²) in [6.45, 7) is 3.70. The van der Waals surface area contributed by atoms with Crippen molar-refractivity contribution in [2.45, 2.75) is 32.4 Å². The number of unbranched alkanes of at least 4 members (excludes halogenated alkanes) is 1. The van der Waals surface area contributed by atoms with Gasteiger partial charge >= 0.3 is 0 Å². The molecule has 1 fully saturated rings. The van der Waals surface area contributed by atoms with E-state index in [0.717, 1.165) is 31.5 Å². The Labute approximate surface area is 125 Å². The number of rotatable bonds is 4. The lowest BCUT2D eigenvalue weighted by molar-refractivity contribution is 0.0557. The number of hydrogen-bond acceptors (Lipinski definition) is 3. The minimum absolute atomic E-state index is 0.0779. The van der Waals surface area contributed by atoms with E-state index in [-0.39, 0.29) is 6.23 Å². The fourth-order valence-electron chi connectivity index (χ4n) is 2.23. The maximum Gasteiger partial charge on any atom is 0.175 e. The van der Waals surface area contributed by atoms with E-state index in [1.54, 1.807) is 12.1 Å². The molecule has 1 atom stereocenters. The summed E-state index contributed by atoms with van der Waals surface area (Å²) in [6, 6.07) is 9.45. The molecule has 0 saturated carbocycles. The summed E-state index contributed by atoms with van der Waals surface area (Å²) in [5.74, 6) is 0. The lowest BCUT2D eigenvalue weighted by Gasteiger charge is -2.26. The number of nitrogens with one attached hydrogen (secondary N) is 1. The summed E-state index contributed by atoms with van der Waals surface area (Å²) in [4.78, 5) is 2.09. The van der Waals surface area contributed by atoms with E-state index >= 15 is 0 Å². The Hall–Kier alpha value is -1.64. The zero-order valence-electron chi connectivity index (χ0n) is 11.6. The van der Waals surface area contributed by atoms with Gasteiger partial charge in [-0.25, -0.2) is 0 Å². The van der Waals surface area contributed by atoms with E-state index in [4.69, 9.17) is 22.2 Å². The summed E-state index contributed by atoms with van der Waals surface area (Å²) in [5, 5.41) is 12.8. The number of hydrogen-bond donors (Lipinski definition) is 1. The van der Waals surface area contributed by atoms with Crippen molar-refractivity contribution in [1.82, 2.24) is 4.90 Å². The lowest BCUT2D eigenvalue weighted by Crippen LogP contribution is -2.39. The van der Waals surface area contributed by atoms with Gasteiger partial charge in [0.05, 0.1) is 18.2 Å². The van der Waals surface area contributed by atoms with Crippen LogP contribution < -0.4 is 5.32 Å². The smallest absolute Gasteiger partial charge is 0.175 e. The first-order chi connectivity index (χ1) is 9.74. The SMILES string of the molecule is CCCCC1OCCN1C(=S)Nc1cccc(C#N)c1. The molecule has 1 aromatic carbocycles. The van der Waals surface area contributed by atoms with Gasteiger partial charge in [0.2, 0.25) is 0 Å². The van der Waals surface area contributed by atoms with E-state index in [9.17, 15) is 0 Å². The molecule has 1 N–H and O–H groups in total. The normalized spacial score (nSPS) is 17.8. The van der Waals surface area contributed by atoms with Gasteiger partial charge in [-0.1, -0.05) is 19.4 Å². The molecule has 0 amide bonds. The van der Waals surface area contributed by atoms with Crippen LogP contribution in [-0.2, 0) is 4.74 Å². The van der Waals surface area contributed by atoms with Gasteiger partial charge in [-0.2, -0.15) is 5.26 Å². The van der Waals surface area contributed by atoms with E-state index in [1.807, 2.05) is 12.1 Å². The van der Waals surface area contributed by atoms with Gasteiger partial charge in [0.1, 0.15) is 6.23 Å². The molecule has 106 valence electrons. The van der Waals surface area contributed by atoms with Gasteiger partial charge in [-0.3, -0.25) is 0 Å². The maximum atomic E-state index is 8.91. The summed E-state index contributed by atoms with van der Waals surface area (Å²) < 4.78 is 5.72. The number of thiocarbonyl (C=S) groups is 1. The molecule has 1 aromatic rings. The van der Waals surface area contributed by atoms with Crippen molar-refractivity contribution in [3.63, 3.8) is 0 Å². The average molecular weight is 289 g/mol. The van der Waals surface area contributed by atoms with Crippen molar-refractivity contribution < 1.29 is 4.74 Å². The predicted molar refractivity (Wildman–Crippen MR) is 83.3 cm³/mol. The second-order valence-corrected chi connectivity index (χ2v) is 5.17. The third kappa shape index (κ3) is 3.69. The summed E-state index contributed by atoms with van der Waals surface area (Å²) in [5.41, 5.74) is 1.47. The molecule has 1 saturated heterocycles. The van der Waals surface area contributed by atoms with Crippen LogP contribution in [0.1, 0.15) is 31.7 Å². The zero-order valence-corrected chi connectivity index (χ0v) is 12.4. The first-order valence-corrected chi connectivity index (χ1v) is 7.35. The molecule has 20 heavy (non-hydrogen) atoms. The molecular formula is C15H19N3OS. The van der Waals surface area contributed by atoms with E-state index in [2.05, 4.69) is 23.2 Å². The molecule has 1 aliphatic rings. The van der Waals surface area contributed by atoms with Crippen molar-refractivity contribution in [3.8, 4) is 6.07 Å². The molecule has 0 aliphatic carbocycles. The Kier molecular flexibility index (Phi) is 5.33. The van der Waals surface area contributed by atoms with Crippen LogP contribution in [0, 0.1) is 11.3 Å². The topological polar surface area (TPSA) is 48.3 Å². The highest BCUT2D eigenvalue weighted by Gasteiger charge is 2.26. The Balaban J connectivity index is 1.98. The van der Waals surface area contributed by atoms with Crippen molar-refractivity contribution in [2.75, 3.05) is 18.5 Å². The maximum absolute atomic E-state index is 8.91. The van der Waals surface area contributed by atoms with Crippen LogP contribution in [0.15, 0.2) is 24.3 Å². The number of benzene rings is 1. The Morgan fingerprint density at radius 3 is 3.20 bits per heavy atom. The Morgan fingerprint density at radius 1 is 1.60 bits per heavy atom. The van der Waals surface area contributed by atoms with Gasteiger partial charge in [0.15, 0.2) is 5.11 Å². The summed E-state index contributed by atoms with van der Waals surface area (Å²) in [7, 11) is 0. The van der Waals surface area contributed by atoms with Gasteiger partial charge < -0.3 is 15.0 Å². The van der Waals surface area contributed by atoms with Gasteiger partial charge in [-0.05, 0) is 43.3 Å². The fourth-order valence-corrected chi connectivity index (χ4v) is 2.56. The van der Waals surface area contributed by atoms with Crippen molar-refractivity contribution >= 4 is 23.0 Å². The first kappa shape index (κ1) is 14.8. The minimum atomic E-state index is 0.0779. The zero-order chi connectivity index (χ0) is 14.4. The molecule has 0 radical (unpaired) electrons. The third-order valence-corrected chi connectivity index (χ3v) is 3.64. The highest BCUT2D eigenvalue weighted by Crippen LogP contribution is 2.18. The van der Waals surface area contributed by atoms with Crippen LogP contribution in [0.4, 0.5) is 5.69 Å². The molecule has 5 heteroatoms. The van der Waals surface area contributed by atoms with Crippen molar-refractivity contribution in [1.29, 1.82) is 5.26 Å². The molecule has 2 rings (SSSR count). The molecule has 4 nitrogen and oxygen atoms in total. The van der Waals surface area contributed by atoms with Crippen LogP contribution in [0.2, 0.25) is 0 Å². The molecule has 0 spiro atoms.